The van der Waals surface area contributed by atoms with E-state index in [9.17, 15) is 10.1 Å². The molecule has 1 aromatic rings. The van der Waals surface area contributed by atoms with E-state index < -0.39 is 0 Å². The molecule has 94 valence electrons. The molecule has 7 heteroatoms. The Bertz CT molecular complexity index is 442. The van der Waals surface area contributed by atoms with Crippen LogP contribution in [0.3, 0.4) is 0 Å². The zero-order chi connectivity index (χ0) is 12.6. The van der Waals surface area contributed by atoms with Crippen molar-refractivity contribution < 1.29 is 4.92 Å². The molecule has 0 spiro atoms. The molecule has 0 bridgehead atoms. The molecule has 1 heterocycles. The Hall–Kier alpha value is -1.63. The van der Waals surface area contributed by atoms with Crippen LogP contribution in [0.25, 0.3) is 0 Å². The van der Waals surface area contributed by atoms with Gasteiger partial charge in [-0.15, -0.1) is 0 Å². The SMILES string of the molecule is CCCn1nc(C)c([N+](=O)[O-])c1NC1CC1N. The van der Waals surface area contributed by atoms with E-state index in [2.05, 4.69) is 10.4 Å². The number of hydrogen-bond acceptors (Lipinski definition) is 5. The van der Waals surface area contributed by atoms with Gasteiger partial charge in [0.15, 0.2) is 0 Å². The van der Waals surface area contributed by atoms with Crippen LogP contribution in [0.15, 0.2) is 0 Å². The first kappa shape index (κ1) is 11.8. The maximum Gasteiger partial charge on any atom is 0.333 e. The van der Waals surface area contributed by atoms with Gasteiger partial charge < -0.3 is 11.1 Å². The molecule has 3 N–H and O–H groups in total. The van der Waals surface area contributed by atoms with Crippen LogP contribution in [-0.2, 0) is 6.54 Å². The van der Waals surface area contributed by atoms with Crippen LogP contribution in [0.1, 0.15) is 25.5 Å². The highest BCUT2D eigenvalue weighted by Crippen LogP contribution is 2.32. The molecule has 7 nitrogen and oxygen atoms in total. The highest BCUT2D eigenvalue weighted by atomic mass is 16.6. The number of nitrogens with two attached hydrogens (primary N) is 1. The van der Waals surface area contributed by atoms with Crippen molar-refractivity contribution in [2.24, 2.45) is 5.73 Å². The summed E-state index contributed by atoms with van der Waals surface area (Å²) in [5.74, 6) is 0.493. The van der Waals surface area contributed by atoms with Crippen LogP contribution in [0.2, 0.25) is 0 Å². The van der Waals surface area contributed by atoms with E-state index in [-0.39, 0.29) is 22.7 Å². The Kier molecular flexibility index (Phi) is 3.01. The number of hydrogen-bond donors (Lipinski definition) is 2. The smallest absolute Gasteiger partial charge is 0.333 e. The summed E-state index contributed by atoms with van der Waals surface area (Å²) in [6, 6.07) is 0.236. The van der Waals surface area contributed by atoms with E-state index >= 15 is 0 Å². The molecule has 0 amide bonds. The minimum absolute atomic E-state index is 0.0672. The summed E-state index contributed by atoms with van der Waals surface area (Å²) in [5, 5.41) is 18.3. The van der Waals surface area contributed by atoms with Gasteiger partial charge in [-0.05, 0) is 19.8 Å². The Morgan fingerprint density at radius 1 is 1.71 bits per heavy atom. The average molecular weight is 239 g/mol. The van der Waals surface area contributed by atoms with Crippen molar-refractivity contribution in [3.05, 3.63) is 15.8 Å². The van der Waals surface area contributed by atoms with E-state index in [0.29, 0.717) is 18.1 Å². The topological polar surface area (TPSA) is 99.0 Å². The first-order valence-electron chi connectivity index (χ1n) is 5.78. The number of aromatic nitrogens is 2. The number of nitrogens with zero attached hydrogens (tertiary/aromatic N) is 3. The van der Waals surface area contributed by atoms with Crippen LogP contribution < -0.4 is 11.1 Å². The molecule has 0 radical (unpaired) electrons. The fraction of sp³-hybridized carbons (Fsp3) is 0.700. The molecule has 0 aromatic carbocycles. The normalized spacial score (nSPS) is 22.5. The second kappa shape index (κ2) is 4.33. The van der Waals surface area contributed by atoms with Crippen molar-refractivity contribution in [2.75, 3.05) is 5.32 Å². The Balaban J connectivity index is 2.32. The first-order chi connectivity index (χ1) is 8.04. The molecule has 1 fully saturated rings. The molecule has 1 aliphatic rings. The van der Waals surface area contributed by atoms with Crippen molar-refractivity contribution in [3.63, 3.8) is 0 Å². The van der Waals surface area contributed by atoms with E-state index in [0.717, 1.165) is 12.8 Å². The molecule has 2 unspecified atom stereocenters. The standard InChI is InChI=1S/C10H17N5O2/c1-3-4-14-10(12-8-5-7(8)11)9(15(16)17)6(2)13-14/h7-8,12H,3-5,11H2,1-2H3. The van der Waals surface area contributed by atoms with Gasteiger partial charge in [0.05, 0.1) is 4.92 Å². The van der Waals surface area contributed by atoms with Crippen molar-refractivity contribution in [2.45, 2.75) is 45.3 Å². The number of aryl methyl sites for hydroxylation is 2. The van der Waals surface area contributed by atoms with Gasteiger partial charge in [-0.2, -0.15) is 5.10 Å². The molecule has 2 rings (SSSR count). The van der Waals surface area contributed by atoms with E-state index in [1.807, 2.05) is 6.92 Å². The van der Waals surface area contributed by atoms with Crippen molar-refractivity contribution >= 4 is 11.5 Å². The first-order valence-corrected chi connectivity index (χ1v) is 5.78. The molecule has 0 saturated heterocycles. The van der Waals surface area contributed by atoms with Crippen molar-refractivity contribution in [1.82, 2.24) is 9.78 Å². The van der Waals surface area contributed by atoms with Gasteiger partial charge in [-0.1, -0.05) is 6.92 Å². The minimum Gasteiger partial charge on any atom is -0.360 e. The lowest BCUT2D eigenvalue weighted by Crippen LogP contribution is -2.17. The van der Waals surface area contributed by atoms with E-state index in [1.54, 1.807) is 11.6 Å². The second-order valence-electron chi connectivity index (χ2n) is 4.41. The average Bonchev–Trinajstić information content (AvgIpc) is 2.82. The lowest BCUT2D eigenvalue weighted by molar-refractivity contribution is -0.384. The molecular weight excluding hydrogens is 222 g/mol. The minimum atomic E-state index is -0.384. The quantitative estimate of drug-likeness (QED) is 0.590. The van der Waals surface area contributed by atoms with Gasteiger partial charge in [0.25, 0.3) is 0 Å². The van der Waals surface area contributed by atoms with Crippen LogP contribution >= 0.6 is 0 Å². The summed E-state index contributed by atoms with van der Waals surface area (Å²) < 4.78 is 1.67. The summed E-state index contributed by atoms with van der Waals surface area (Å²) in [5.41, 5.74) is 6.22. The summed E-state index contributed by atoms with van der Waals surface area (Å²) in [7, 11) is 0. The van der Waals surface area contributed by atoms with E-state index in [1.165, 1.54) is 0 Å². The molecule has 1 aliphatic carbocycles. The number of nitro groups is 1. The predicted octanol–water partition coefficient (Wildman–Crippen LogP) is 1.02. The Morgan fingerprint density at radius 2 is 2.35 bits per heavy atom. The third-order valence-electron chi connectivity index (χ3n) is 2.88. The van der Waals surface area contributed by atoms with Gasteiger partial charge in [0, 0.05) is 18.6 Å². The fourth-order valence-corrected chi connectivity index (χ4v) is 1.86. The van der Waals surface area contributed by atoms with Crippen LogP contribution in [-0.4, -0.2) is 26.8 Å². The predicted molar refractivity (Wildman–Crippen MR) is 63.9 cm³/mol. The van der Waals surface area contributed by atoms with Gasteiger partial charge in [0.1, 0.15) is 5.69 Å². The Morgan fingerprint density at radius 3 is 2.82 bits per heavy atom. The number of rotatable bonds is 5. The zero-order valence-corrected chi connectivity index (χ0v) is 10.0. The highest BCUT2D eigenvalue weighted by molar-refractivity contribution is 5.60. The van der Waals surface area contributed by atoms with Crippen molar-refractivity contribution in [3.8, 4) is 0 Å². The maximum absolute atomic E-state index is 11.0. The van der Waals surface area contributed by atoms with Gasteiger partial charge in [-0.25, -0.2) is 4.68 Å². The second-order valence-corrected chi connectivity index (χ2v) is 4.41. The molecular formula is C10H17N5O2. The highest BCUT2D eigenvalue weighted by Gasteiger charge is 2.37. The molecule has 1 saturated carbocycles. The molecule has 1 aromatic heterocycles. The van der Waals surface area contributed by atoms with Crippen LogP contribution in [0.4, 0.5) is 11.5 Å². The van der Waals surface area contributed by atoms with Crippen molar-refractivity contribution in [1.29, 1.82) is 0 Å². The largest absolute Gasteiger partial charge is 0.360 e. The lowest BCUT2D eigenvalue weighted by Gasteiger charge is -2.07. The van der Waals surface area contributed by atoms with E-state index in [4.69, 9.17) is 5.73 Å². The lowest BCUT2D eigenvalue weighted by atomic mass is 10.3. The zero-order valence-electron chi connectivity index (χ0n) is 10.0. The third-order valence-corrected chi connectivity index (χ3v) is 2.88. The third kappa shape index (κ3) is 2.23. The number of anilines is 1. The van der Waals surface area contributed by atoms with Crippen LogP contribution in [0, 0.1) is 17.0 Å². The summed E-state index contributed by atoms with van der Waals surface area (Å²) in [6.45, 7) is 4.33. The molecule has 2 atom stereocenters. The monoisotopic (exact) mass is 239 g/mol. The number of nitrogens with one attached hydrogen (secondary N) is 1. The Labute approximate surface area is 99.1 Å². The van der Waals surface area contributed by atoms with Crippen LogP contribution in [0.5, 0.6) is 0 Å². The fourth-order valence-electron chi connectivity index (χ4n) is 1.86. The summed E-state index contributed by atoms with van der Waals surface area (Å²) in [4.78, 5) is 10.6. The molecule has 17 heavy (non-hydrogen) atoms. The summed E-state index contributed by atoms with van der Waals surface area (Å²) in [6.07, 6.45) is 1.73. The van der Waals surface area contributed by atoms with Gasteiger partial charge >= 0.3 is 5.69 Å². The summed E-state index contributed by atoms with van der Waals surface area (Å²) >= 11 is 0. The van der Waals surface area contributed by atoms with Gasteiger partial charge in [0.2, 0.25) is 5.82 Å². The maximum atomic E-state index is 11.0. The van der Waals surface area contributed by atoms with Gasteiger partial charge in [-0.3, -0.25) is 10.1 Å². The molecule has 0 aliphatic heterocycles.